The van der Waals surface area contributed by atoms with Crippen molar-refractivity contribution in [2.24, 2.45) is 11.8 Å². The Labute approximate surface area is 228 Å². The zero-order valence-corrected chi connectivity index (χ0v) is 24.4. The molecule has 3 aliphatic heterocycles. The summed E-state index contributed by atoms with van der Waals surface area (Å²) in [6.07, 6.45) is -2.88. The minimum absolute atomic E-state index is 0.165. The summed E-state index contributed by atoms with van der Waals surface area (Å²) in [7, 11) is -9.47. The summed E-state index contributed by atoms with van der Waals surface area (Å²) in [6, 6.07) is 0. The number of rotatable bonds is 13. The quantitative estimate of drug-likeness (QED) is 0.173. The molecule has 0 aliphatic carbocycles. The molecule has 0 bridgehead atoms. The topological polar surface area (TPSA) is 189 Å². The lowest BCUT2D eigenvalue weighted by Crippen LogP contribution is -2.38. The van der Waals surface area contributed by atoms with Crippen LogP contribution in [0.1, 0.15) is 34.6 Å². The van der Waals surface area contributed by atoms with Gasteiger partial charge < -0.3 is 38.9 Å². The number of hydrogen-bond acceptors (Lipinski definition) is 12. The maximum atomic E-state index is 12.9. The Balaban J connectivity index is 1.65. The van der Waals surface area contributed by atoms with Crippen molar-refractivity contribution in [3.63, 3.8) is 0 Å². The largest absolute Gasteiger partial charge is 0.472 e. The third-order valence-electron chi connectivity index (χ3n) is 7.46. The van der Waals surface area contributed by atoms with Crippen molar-refractivity contribution in [3.05, 3.63) is 0 Å². The molecule has 3 heterocycles. The van der Waals surface area contributed by atoms with Gasteiger partial charge in [-0.3, -0.25) is 18.1 Å². The number of phosphoric ester groups is 2. The minimum Gasteiger partial charge on any atom is -0.394 e. The molecular formula is C23H40O14P2. The Morgan fingerprint density at radius 3 is 1.82 bits per heavy atom. The van der Waals surface area contributed by atoms with Crippen molar-refractivity contribution in [3.8, 4) is 12.3 Å². The highest BCUT2D eigenvalue weighted by Crippen LogP contribution is 2.51. The smallest absolute Gasteiger partial charge is 0.394 e. The van der Waals surface area contributed by atoms with Gasteiger partial charge >= 0.3 is 15.6 Å². The van der Waals surface area contributed by atoms with Crippen LogP contribution in [0, 0.1) is 24.2 Å². The Morgan fingerprint density at radius 2 is 1.28 bits per heavy atom. The second-order valence-electron chi connectivity index (χ2n) is 10.2. The van der Waals surface area contributed by atoms with Gasteiger partial charge in [-0.1, -0.05) is 19.8 Å². The van der Waals surface area contributed by atoms with Crippen LogP contribution in [0.5, 0.6) is 0 Å². The number of terminal acetylenes is 1. The van der Waals surface area contributed by atoms with Gasteiger partial charge in [-0.05, 0) is 20.8 Å². The molecular weight excluding hydrogens is 562 g/mol. The molecule has 16 heteroatoms. The predicted octanol–water partition coefficient (Wildman–Crippen LogP) is 0.996. The molecule has 4 N–H and O–H groups in total. The van der Waals surface area contributed by atoms with Crippen molar-refractivity contribution < 1.29 is 66.2 Å². The van der Waals surface area contributed by atoms with E-state index in [-0.39, 0.29) is 30.7 Å². The Kier molecular flexibility index (Phi) is 11.6. The lowest BCUT2D eigenvalue weighted by atomic mass is 10.00. The van der Waals surface area contributed by atoms with Crippen LogP contribution in [-0.2, 0) is 46.2 Å². The van der Waals surface area contributed by atoms with Gasteiger partial charge in [0.15, 0.2) is 0 Å². The fraction of sp³-hybridized carbons (Fsp3) is 0.913. The molecule has 14 nitrogen and oxygen atoms in total. The molecule has 5 unspecified atom stereocenters. The van der Waals surface area contributed by atoms with E-state index in [1.54, 1.807) is 34.6 Å². The van der Waals surface area contributed by atoms with E-state index in [4.69, 9.17) is 43.5 Å². The molecule has 0 spiro atoms. The summed E-state index contributed by atoms with van der Waals surface area (Å²) in [4.78, 5) is 20.8. The summed E-state index contributed by atoms with van der Waals surface area (Å²) in [6.45, 7) is 7.07. The summed E-state index contributed by atoms with van der Waals surface area (Å²) < 4.78 is 69.0. The van der Waals surface area contributed by atoms with Gasteiger partial charge in [-0.25, -0.2) is 9.13 Å². The standard InChI is InChI=1S/C23H40O14P2/c1-7-8-30-22-16(6)35-19(11-32-38(26,27)36-21-13(3)15(5)33-17(21)9-24)23(22)37-39(28,29)31-10-18-20(25)12(2)14(4)34-18/h1,12-25H,8-11H2,2-6H3,(H,26,27)(H,28,29)/t12-,13-,14+,15+,16+,17-,18-,19-,20?,21?,22-,23?/m1/s1. The zero-order valence-electron chi connectivity index (χ0n) is 22.6. The van der Waals surface area contributed by atoms with Crippen molar-refractivity contribution in [2.75, 3.05) is 26.4 Å². The maximum absolute atomic E-state index is 12.9. The van der Waals surface area contributed by atoms with E-state index in [1.165, 1.54) is 0 Å². The third-order valence-corrected chi connectivity index (χ3v) is 9.43. The van der Waals surface area contributed by atoms with Gasteiger partial charge in [0.2, 0.25) is 0 Å². The molecule has 226 valence electrons. The number of aliphatic hydroxyl groups is 2. The number of phosphoric acid groups is 2. The van der Waals surface area contributed by atoms with Crippen LogP contribution in [0.4, 0.5) is 0 Å². The number of hydrogen-bond donors (Lipinski definition) is 4. The van der Waals surface area contributed by atoms with Crippen molar-refractivity contribution >= 4 is 15.6 Å². The van der Waals surface area contributed by atoms with E-state index in [9.17, 15) is 29.1 Å². The molecule has 14 atom stereocenters. The number of aliphatic hydroxyl groups excluding tert-OH is 2. The molecule has 0 saturated carbocycles. The van der Waals surface area contributed by atoms with E-state index in [2.05, 4.69) is 5.92 Å². The van der Waals surface area contributed by atoms with Crippen LogP contribution < -0.4 is 0 Å². The van der Waals surface area contributed by atoms with Gasteiger partial charge in [0.05, 0.1) is 44.2 Å². The van der Waals surface area contributed by atoms with E-state index in [1.807, 2.05) is 0 Å². The Morgan fingerprint density at radius 1 is 0.769 bits per heavy atom. The first kappa shape index (κ1) is 33.0. The van der Waals surface area contributed by atoms with Crippen LogP contribution in [0.25, 0.3) is 0 Å². The van der Waals surface area contributed by atoms with Crippen molar-refractivity contribution in [1.82, 2.24) is 0 Å². The van der Waals surface area contributed by atoms with Crippen LogP contribution in [0.2, 0.25) is 0 Å². The van der Waals surface area contributed by atoms with Gasteiger partial charge in [0, 0.05) is 11.8 Å². The van der Waals surface area contributed by atoms with E-state index in [0.717, 1.165) is 0 Å². The molecule has 0 amide bonds. The van der Waals surface area contributed by atoms with Crippen LogP contribution in [-0.4, -0.2) is 107 Å². The molecule has 3 saturated heterocycles. The maximum Gasteiger partial charge on any atom is 0.472 e. The second kappa shape index (κ2) is 13.7. The Bertz CT molecular complexity index is 944. The molecule has 0 radical (unpaired) electrons. The summed E-state index contributed by atoms with van der Waals surface area (Å²) >= 11 is 0. The first-order valence-corrected chi connectivity index (χ1v) is 15.8. The monoisotopic (exact) mass is 602 g/mol. The lowest BCUT2D eigenvalue weighted by molar-refractivity contribution is -0.0456. The van der Waals surface area contributed by atoms with E-state index in [0.29, 0.717) is 0 Å². The summed E-state index contributed by atoms with van der Waals surface area (Å²) in [5.41, 5.74) is 0. The van der Waals surface area contributed by atoms with Gasteiger partial charge in [-0.15, -0.1) is 6.42 Å². The van der Waals surface area contributed by atoms with E-state index >= 15 is 0 Å². The van der Waals surface area contributed by atoms with E-state index < -0.39 is 84.3 Å². The fourth-order valence-electron chi connectivity index (χ4n) is 4.88. The average molecular weight is 603 g/mol. The minimum atomic E-state index is -4.77. The molecule has 3 rings (SSSR count). The first-order valence-electron chi connectivity index (χ1n) is 12.8. The molecule has 0 aromatic heterocycles. The highest BCUT2D eigenvalue weighted by atomic mass is 31.2. The van der Waals surface area contributed by atoms with Crippen LogP contribution in [0.3, 0.4) is 0 Å². The summed E-state index contributed by atoms with van der Waals surface area (Å²) in [5.74, 6) is 1.79. The Hall–Kier alpha value is -0.460. The molecule has 3 aliphatic rings. The van der Waals surface area contributed by atoms with Gasteiger partial charge in [-0.2, -0.15) is 0 Å². The molecule has 0 aromatic carbocycles. The third kappa shape index (κ3) is 8.31. The first-order chi connectivity index (χ1) is 18.2. The van der Waals surface area contributed by atoms with Crippen molar-refractivity contribution in [1.29, 1.82) is 0 Å². The predicted molar refractivity (Wildman–Crippen MR) is 134 cm³/mol. The van der Waals surface area contributed by atoms with Crippen LogP contribution in [0.15, 0.2) is 0 Å². The fourth-order valence-corrected chi connectivity index (χ4v) is 6.87. The zero-order chi connectivity index (χ0) is 29.1. The van der Waals surface area contributed by atoms with Gasteiger partial charge in [0.25, 0.3) is 0 Å². The molecule has 3 fully saturated rings. The highest BCUT2D eigenvalue weighted by molar-refractivity contribution is 7.47. The average Bonchev–Trinajstić information content (AvgIpc) is 3.41. The van der Waals surface area contributed by atoms with Crippen LogP contribution >= 0.6 is 15.6 Å². The highest BCUT2D eigenvalue weighted by Gasteiger charge is 2.50. The molecule has 39 heavy (non-hydrogen) atoms. The molecule has 0 aromatic rings. The second-order valence-corrected chi connectivity index (χ2v) is 13.0. The van der Waals surface area contributed by atoms with Crippen molar-refractivity contribution in [2.45, 2.75) is 95.7 Å². The number of ether oxygens (including phenoxy) is 4. The summed E-state index contributed by atoms with van der Waals surface area (Å²) in [5, 5.41) is 19.8. The lowest BCUT2D eigenvalue weighted by Gasteiger charge is -2.27. The SMILES string of the molecule is C#CCO[C@H]1C(OP(=O)(O)OC[C@H]2O[C@@H](C)[C@@H](C)C2O)[C@@H](COP(=O)(O)OC2[C@@H](CO)O[C@@H](C)[C@H]2C)O[C@H]1C. The normalized spacial score (nSPS) is 43.7. The van der Waals surface area contributed by atoms with Gasteiger partial charge in [0.1, 0.15) is 43.2 Å².